The molecule has 4 rings (SSSR count). The van der Waals surface area contributed by atoms with E-state index in [4.69, 9.17) is 4.52 Å². The number of hydrogen-bond acceptors (Lipinski definition) is 4. The van der Waals surface area contributed by atoms with E-state index < -0.39 is 0 Å². The van der Waals surface area contributed by atoms with E-state index in [-0.39, 0.29) is 18.3 Å². The topological polar surface area (TPSA) is 49.6 Å². The highest BCUT2D eigenvalue weighted by molar-refractivity contribution is 6.00. The average Bonchev–Trinajstić information content (AvgIpc) is 3.16. The van der Waals surface area contributed by atoms with Crippen molar-refractivity contribution >= 4 is 24.4 Å². The smallest absolute Gasteiger partial charge is 0.259 e. The molecule has 1 saturated heterocycles. The molecule has 0 saturated carbocycles. The first kappa shape index (κ1) is 21.8. The van der Waals surface area contributed by atoms with Gasteiger partial charge < -0.3 is 9.42 Å². The first-order valence-corrected chi connectivity index (χ1v) is 9.97. The molecule has 1 amide bonds. The summed E-state index contributed by atoms with van der Waals surface area (Å²) in [6, 6.07) is 20.0. The van der Waals surface area contributed by atoms with Gasteiger partial charge in [-0.15, -0.1) is 12.4 Å². The van der Waals surface area contributed by atoms with Crippen LogP contribution in [-0.4, -0.2) is 53.6 Å². The van der Waals surface area contributed by atoms with Crippen molar-refractivity contribution in [2.75, 3.05) is 32.7 Å². The van der Waals surface area contributed by atoms with Crippen molar-refractivity contribution < 1.29 is 9.32 Å². The second-order valence-corrected chi connectivity index (χ2v) is 7.23. The molecular formula is C24H26ClN3O2. The minimum absolute atomic E-state index is 0. The van der Waals surface area contributed by atoms with Gasteiger partial charge in [-0.1, -0.05) is 78.0 Å². The predicted octanol–water partition coefficient (Wildman–Crippen LogP) is 4.54. The maximum absolute atomic E-state index is 13.2. The lowest BCUT2D eigenvalue weighted by Gasteiger charge is -2.34. The van der Waals surface area contributed by atoms with E-state index in [0.29, 0.717) is 30.1 Å². The zero-order valence-corrected chi connectivity index (χ0v) is 17.8. The lowest BCUT2D eigenvalue weighted by atomic mass is 10.0. The Balaban J connectivity index is 0.00000256. The molecule has 5 nitrogen and oxygen atoms in total. The van der Waals surface area contributed by atoms with E-state index in [1.807, 2.05) is 53.4 Å². The van der Waals surface area contributed by atoms with Gasteiger partial charge in [0.05, 0.1) is 0 Å². The Labute approximate surface area is 183 Å². The maximum Gasteiger partial charge on any atom is 0.259 e. The zero-order valence-electron chi connectivity index (χ0n) is 17.0. The molecule has 0 bridgehead atoms. The highest BCUT2D eigenvalue weighted by Crippen LogP contribution is 2.26. The molecule has 6 heteroatoms. The number of carbonyl (C=O) groups is 1. The second-order valence-electron chi connectivity index (χ2n) is 7.23. The average molecular weight is 424 g/mol. The van der Waals surface area contributed by atoms with Crippen LogP contribution < -0.4 is 0 Å². The van der Waals surface area contributed by atoms with Crippen LogP contribution in [0.15, 0.2) is 71.3 Å². The first-order chi connectivity index (χ1) is 14.2. The van der Waals surface area contributed by atoms with Crippen LogP contribution in [0.5, 0.6) is 0 Å². The van der Waals surface area contributed by atoms with E-state index >= 15 is 0 Å². The van der Waals surface area contributed by atoms with Crippen LogP contribution in [-0.2, 0) is 0 Å². The number of halogens is 1. The summed E-state index contributed by atoms with van der Waals surface area (Å²) in [6.45, 7) is 5.81. The minimum Gasteiger partial charge on any atom is -0.360 e. The minimum atomic E-state index is 0. The van der Waals surface area contributed by atoms with Gasteiger partial charge in [-0.2, -0.15) is 0 Å². The lowest BCUT2D eigenvalue weighted by molar-refractivity contribution is 0.0649. The summed E-state index contributed by atoms with van der Waals surface area (Å²) in [5.41, 5.74) is 3.31. The number of carbonyl (C=O) groups excluding carboxylic acids is 1. The summed E-state index contributed by atoms with van der Waals surface area (Å²) in [5, 5.41) is 4.14. The van der Waals surface area contributed by atoms with Crippen molar-refractivity contribution in [1.82, 2.24) is 15.0 Å². The van der Waals surface area contributed by atoms with Gasteiger partial charge in [0, 0.05) is 38.3 Å². The van der Waals surface area contributed by atoms with Gasteiger partial charge in [0.1, 0.15) is 17.0 Å². The van der Waals surface area contributed by atoms with E-state index in [0.717, 1.165) is 25.2 Å². The maximum atomic E-state index is 13.2. The summed E-state index contributed by atoms with van der Waals surface area (Å²) in [4.78, 5) is 17.4. The van der Waals surface area contributed by atoms with Crippen molar-refractivity contribution in [2.24, 2.45) is 0 Å². The molecule has 1 fully saturated rings. The third kappa shape index (κ3) is 4.99. The summed E-state index contributed by atoms with van der Waals surface area (Å²) in [6.07, 6.45) is 4.33. The number of hydrogen-bond donors (Lipinski definition) is 0. The molecule has 2 heterocycles. The zero-order chi connectivity index (χ0) is 20.1. The predicted molar refractivity (Wildman–Crippen MR) is 122 cm³/mol. The number of aryl methyl sites for hydroxylation is 1. The van der Waals surface area contributed by atoms with Gasteiger partial charge in [-0.3, -0.25) is 9.69 Å². The largest absolute Gasteiger partial charge is 0.360 e. The second kappa shape index (κ2) is 10.2. The molecule has 2 aromatic carbocycles. The van der Waals surface area contributed by atoms with Crippen LogP contribution in [0.1, 0.15) is 21.7 Å². The molecule has 0 aliphatic carbocycles. The van der Waals surface area contributed by atoms with Gasteiger partial charge in [-0.05, 0) is 12.5 Å². The molecule has 0 radical (unpaired) electrons. The summed E-state index contributed by atoms with van der Waals surface area (Å²) < 4.78 is 5.36. The van der Waals surface area contributed by atoms with Gasteiger partial charge in [0.15, 0.2) is 0 Å². The highest BCUT2D eigenvalue weighted by atomic mass is 35.5. The van der Waals surface area contributed by atoms with E-state index in [1.165, 1.54) is 5.56 Å². The fourth-order valence-electron chi connectivity index (χ4n) is 3.61. The van der Waals surface area contributed by atoms with E-state index in [1.54, 1.807) is 6.92 Å². The van der Waals surface area contributed by atoms with Crippen molar-refractivity contribution in [3.05, 3.63) is 83.6 Å². The fraction of sp³-hybridized carbons (Fsp3) is 0.250. The normalized spacial score (nSPS) is 14.6. The van der Waals surface area contributed by atoms with Gasteiger partial charge >= 0.3 is 0 Å². The van der Waals surface area contributed by atoms with E-state index in [2.05, 4.69) is 34.3 Å². The standard InChI is InChI=1S/C24H25N3O2.ClH/c1-19-22(23(25-29-19)21-12-6-3-7-13-21)24(28)27-17-15-26(16-18-27)14-8-11-20-9-4-2-5-10-20;/h2-13H,14-18H2,1H3;1H/b11-8+;. The molecular weight excluding hydrogens is 398 g/mol. The van der Waals surface area contributed by atoms with Gasteiger partial charge in [0.2, 0.25) is 0 Å². The Bertz CT molecular complexity index is 978. The molecule has 1 aliphatic heterocycles. The van der Waals surface area contributed by atoms with Crippen LogP contribution in [0.2, 0.25) is 0 Å². The van der Waals surface area contributed by atoms with Crippen molar-refractivity contribution in [1.29, 1.82) is 0 Å². The van der Waals surface area contributed by atoms with Crippen LogP contribution in [0.25, 0.3) is 17.3 Å². The van der Waals surface area contributed by atoms with Gasteiger partial charge in [0.25, 0.3) is 5.91 Å². The highest BCUT2D eigenvalue weighted by Gasteiger charge is 2.28. The molecule has 1 aromatic heterocycles. The van der Waals surface area contributed by atoms with Crippen molar-refractivity contribution in [3.63, 3.8) is 0 Å². The number of benzene rings is 2. The fourth-order valence-corrected chi connectivity index (χ4v) is 3.61. The quantitative estimate of drug-likeness (QED) is 0.604. The Hall–Kier alpha value is -2.89. The summed E-state index contributed by atoms with van der Waals surface area (Å²) >= 11 is 0. The van der Waals surface area contributed by atoms with Gasteiger partial charge in [-0.25, -0.2) is 0 Å². The Morgan fingerprint density at radius 2 is 1.63 bits per heavy atom. The molecule has 156 valence electrons. The van der Waals surface area contributed by atoms with Crippen LogP contribution in [0.3, 0.4) is 0 Å². The Kier molecular flexibility index (Phi) is 7.44. The molecule has 0 atom stereocenters. The Morgan fingerprint density at radius 1 is 1.00 bits per heavy atom. The summed E-state index contributed by atoms with van der Waals surface area (Å²) in [7, 11) is 0. The molecule has 1 aliphatic rings. The van der Waals surface area contributed by atoms with E-state index in [9.17, 15) is 4.79 Å². The molecule has 0 N–H and O–H groups in total. The number of aromatic nitrogens is 1. The summed E-state index contributed by atoms with van der Waals surface area (Å²) in [5.74, 6) is 0.573. The molecule has 0 spiro atoms. The third-order valence-corrected chi connectivity index (χ3v) is 5.26. The van der Waals surface area contributed by atoms with Crippen LogP contribution in [0, 0.1) is 6.92 Å². The number of rotatable bonds is 5. The lowest BCUT2D eigenvalue weighted by Crippen LogP contribution is -2.48. The molecule has 3 aromatic rings. The van der Waals surface area contributed by atoms with Crippen molar-refractivity contribution in [2.45, 2.75) is 6.92 Å². The number of nitrogens with zero attached hydrogens (tertiary/aromatic N) is 3. The van der Waals surface area contributed by atoms with Crippen LogP contribution >= 0.6 is 12.4 Å². The molecule has 0 unspecified atom stereocenters. The Morgan fingerprint density at radius 3 is 2.30 bits per heavy atom. The molecule has 30 heavy (non-hydrogen) atoms. The first-order valence-electron chi connectivity index (χ1n) is 9.97. The SMILES string of the molecule is Cc1onc(-c2ccccc2)c1C(=O)N1CCN(C/C=C/c2ccccc2)CC1.Cl. The van der Waals surface area contributed by atoms with Crippen molar-refractivity contribution in [3.8, 4) is 11.3 Å². The monoisotopic (exact) mass is 423 g/mol. The number of amides is 1. The number of piperazine rings is 1. The van der Waals surface area contributed by atoms with Crippen LogP contribution in [0.4, 0.5) is 0 Å². The third-order valence-electron chi connectivity index (χ3n) is 5.26.